The zero-order valence-corrected chi connectivity index (χ0v) is 9.11. The van der Waals surface area contributed by atoms with Gasteiger partial charge in [-0.1, -0.05) is 30.3 Å². The summed E-state index contributed by atoms with van der Waals surface area (Å²) >= 11 is 0. The van der Waals surface area contributed by atoms with Crippen LogP contribution in [0.5, 0.6) is 0 Å². The molecule has 1 saturated heterocycles. The molecule has 1 aliphatic rings. The van der Waals surface area contributed by atoms with Crippen LogP contribution < -0.4 is 5.73 Å². The Morgan fingerprint density at radius 2 is 2.00 bits per heavy atom. The minimum atomic E-state index is -0.0976. The molecule has 2 N–H and O–H groups in total. The summed E-state index contributed by atoms with van der Waals surface area (Å²) in [5.41, 5.74) is 7.09. The maximum atomic E-state index is 5.89. The molecule has 0 amide bonds. The van der Waals surface area contributed by atoms with E-state index in [9.17, 15) is 0 Å². The number of hydrogen-bond donors (Lipinski definition) is 1. The van der Waals surface area contributed by atoms with E-state index in [1.165, 1.54) is 18.4 Å². The first kappa shape index (κ1) is 10.7. The van der Waals surface area contributed by atoms with Gasteiger partial charge in [0.15, 0.2) is 0 Å². The minimum Gasteiger partial charge on any atom is -0.373 e. The quantitative estimate of drug-likeness (QED) is 0.820. The van der Waals surface area contributed by atoms with Crippen molar-refractivity contribution in [2.45, 2.75) is 31.3 Å². The molecule has 2 rings (SSSR count). The van der Waals surface area contributed by atoms with E-state index in [2.05, 4.69) is 24.3 Å². The predicted octanol–water partition coefficient (Wildman–Crippen LogP) is 2.13. The molecule has 82 valence electrons. The van der Waals surface area contributed by atoms with Crippen molar-refractivity contribution in [2.24, 2.45) is 5.73 Å². The van der Waals surface area contributed by atoms with Crippen LogP contribution in [0.15, 0.2) is 30.3 Å². The molecule has 15 heavy (non-hydrogen) atoms. The van der Waals surface area contributed by atoms with Gasteiger partial charge < -0.3 is 10.5 Å². The Kier molecular flexibility index (Phi) is 3.39. The Morgan fingerprint density at radius 1 is 1.20 bits per heavy atom. The van der Waals surface area contributed by atoms with E-state index >= 15 is 0 Å². The van der Waals surface area contributed by atoms with E-state index in [-0.39, 0.29) is 5.60 Å². The van der Waals surface area contributed by atoms with Crippen LogP contribution in [0, 0.1) is 0 Å². The molecular weight excluding hydrogens is 186 g/mol. The van der Waals surface area contributed by atoms with E-state index in [0.29, 0.717) is 6.54 Å². The van der Waals surface area contributed by atoms with Gasteiger partial charge in [-0.3, -0.25) is 0 Å². The van der Waals surface area contributed by atoms with Gasteiger partial charge in [0.05, 0.1) is 5.60 Å². The lowest BCUT2D eigenvalue weighted by molar-refractivity contribution is -0.0709. The number of rotatable bonds is 3. The molecule has 1 aromatic carbocycles. The van der Waals surface area contributed by atoms with Gasteiger partial charge in [0, 0.05) is 19.6 Å². The molecule has 0 saturated carbocycles. The summed E-state index contributed by atoms with van der Waals surface area (Å²) in [6.45, 7) is 1.49. The molecule has 0 radical (unpaired) electrons. The van der Waals surface area contributed by atoms with Gasteiger partial charge in [0.1, 0.15) is 0 Å². The van der Waals surface area contributed by atoms with Gasteiger partial charge in [-0.25, -0.2) is 0 Å². The molecule has 1 fully saturated rings. The Bertz CT molecular complexity index is 291. The summed E-state index contributed by atoms with van der Waals surface area (Å²) in [4.78, 5) is 0. The maximum absolute atomic E-state index is 5.89. The first-order chi connectivity index (χ1) is 7.35. The van der Waals surface area contributed by atoms with Gasteiger partial charge in [-0.15, -0.1) is 0 Å². The van der Waals surface area contributed by atoms with Gasteiger partial charge in [-0.05, 0) is 24.8 Å². The summed E-state index contributed by atoms with van der Waals surface area (Å²) in [6.07, 6.45) is 4.46. The van der Waals surface area contributed by atoms with Crippen LogP contribution in [-0.4, -0.2) is 18.8 Å². The van der Waals surface area contributed by atoms with Crippen molar-refractivity contribution in [3.05, 3.63) is 35.9 Å². The van der Waals surface area contributed by atoms with E-state index in [4.69, 9.17) is 10.5 Å². The van der Waals surface area contributed by atoms with Crippen molar-refractivity contribution in [1.29, 1.82) is 0 Å². The molecule has 0 aliphatic carbocycles. The lowest BCUT2D eigenvalue weighted by Crippen LogP contribution is -2.45. The zero-order valence-electron chi connectivity index (χ0n) is 9.11. The van der Waals surface area contributed by atoms with Crippen molar-refractivity contribution in [2.75, 3.05) is 13.2 Å². The fraction of sp³-hybridized carbons (Fsp3) is 0.538. The lowest BCUT2D eigenvalue weighted by atomic mass is 9.87. The van der Waals surface area contributed by atoms with Crippen LogP contribution in [0.4, 0.5) is 0 Å². The third-order valence-electron chi connectivity index (χ3n) is 3.18. The number of benzene rings is 1. The average molecular weight is 205 g/mol. The Balaban J connectivity index is 2.07. The predicted molar refractivity (Wildman–Crippen MR) is 61.7 cm³/mol. The summed E-state index contributed by atoms with van der Waals surface area (Å²) in [7, 11) is 0. The number of ether oxygens (including phenoxy) is 1. The summed E-state index contributed by atoms with van der Waals surface area (Å²) in [5, 5.41) is 0. The molecule has 0 aromatic heterocycles. The van der Waals surface area contributed by atoms with Crippen LogP contribution in [0.1, 0.15) is 24.8 Å². The average Bonchev–Trinajstić information content (AvgIpc) is 2.32. The fourth-order valence-corrected chi connectivity index (χ4v) is 2.25. The van der Waals surface area contributed by atoms with E-state index in [0.717, 1.165) is 19.4 Å². The second kappa shape index (κ2) is 4.77. The Hall–Kier alpha value is -0.860. The highest BCUT2D eigenvalue weighted by Crippen LogP contribution is 2.27. The normalized spacial score (nSPS) is 26.5. The second-order valence-electron chi connectivity index (χ2n) is 4.36. The summed E-state index contributed by atoms with van der Waals surface area (Å²) in [5.74, 6) is 0. The molecule has 1 unspecified atom stereocenters. The highest BCUT2D eigenvalue weighted by atomic mass is 16.5. The third kappa shape index (κ3) is 2.58. The maximum Gasteiger partial charge on any atom is 0.0844 e. The lowest BCUT2D eigenvalue weighted by Gasteiger charge is -2.36. The van der Waals surface area contributed by atoms with Crippen molar-refractivity contribution in [1.82, 2.24) is 0 Å². The fourth-order valence-electron chi connectivity index (χ4n) is 2.25. The van der Waals surface area contributed by atoms with Crippen LogP contribution in [0.25, 0.3) is 0 Å². The Labute approximate surface area is 91.4 Å². The van der Waals surface area contributed by atoms with Crippen LogP contribution in [0.2, 0.25) is 0 Å². The highest BCUT2D eigenvalue weighted by Gasteiger charge is 2.31. The first-order valence-corrected chi connectivity index (χ1v) is 5.73. The largest absolute Gasteiger partial charge is 0.373 e. The van der Waals surface area contributed by atoms with Gasteiger partial charge >= 0.3 is 0 Å². The molecule has 0 spiro atoms. The van der Waals surface area contributed by atoms with Gasteiger partial charge in [0.25, 0.3) is 0 Å². The smallest absolute Gasteiger partial charge is 0.0844 e. The topological polar surface area (TPSA) is 35.2 Å². The van der Waals surface area contributed by atoms with E-state index < -0.39 is 0 Å². The summed E-state index contributed by atoms with van der Waals surface area (Å²) < 4.78 is 5.89. The zero-order chi connectivity index (χ0) is 10.6. The van der Waals surface area contributed by atoms with Gasteiger partial charge in [0.2, 0.25) is 0 Å². The van der Waals surface area contributed by atoms with Crippen LogP contribution >= 0.6 is 0 Å². The van der Waals surface area contributed by atoms with Crippen LogP contribution in [-0.2, 0) is 11.2 Å². The molecule has 2 heteroatoms. The van der Waals surface area contributed by atoms with Gasteiger partial charge in [-0.2, -0.15) is 0 Å². The van der Waals surface area contributed by atoms with Crippen LogP contribution in [0.3, 0.4) is 0 Å². The molecule has 1 heterocycles. The second-order valence-corrected chi connectivity index (χ2v) is 4.36. The molecular formula is C13H19NO. The first-order valence-electron chi connectivity index (χ1n) is 5.73. The standard InChI is InChI=1S/C13H19NO/c14-11-13(8-4-5-9-15-13)10-12-6-2-1-3-7-12/h1-3,6-7H,4-5,8-11,14H2. The SMILES string of the molecule is NCC1(Cc2ccccc2)CCCCO1. The minimum absolute atomic E-state index is 0.0976. The van der Waals surface area contributed by atoms with Crippen molar-refractivity contribution in [3.8, 4) is 0 Å². The van der Waals surface area contributed by atoms with E-state index in [1.54, 1.807) is 0 Å². The molecule has 1 atom stereocenters. The summed E-state index contributed by atoms with van der Waals surface area (Å²) in [6, 6.07) is 10.5. The monoisotopic (exact) mass is 205 g/mol. The molecule has 0 bridgehead atoms. The van der Waals surface area contributed by atoms with E-state index in [1.807, 2.05) is 6.07 Å². The van der Waals surface area contributed by atoms with Crippen molar-refractivity contribution < 1.29 is 4.74 Å². The molecule has 2 nitrogen and oxygen atoms in total. The molecule has 1 aromatic rings. The number of hydrogen-bond acceptors (Lipinski definition) is 2. The van der Waals surface area contributed by atoms with Crippen molar-refractivity contribution in [3.63, 3.8) is 0 Å². The van der Waals surface area contributed by atoms with Crippen molar-refractivity contribution >= 4 is 0 Å². The molecule has 1 aliphatic heterocycles. The highest BCUT2D eigenvalue weighted by molar-refractivity contribution is 5.17. The third-order valence-corrected chi connectivity index (χ3v) is 3.18. The Morgan fingerprint density at radius 3 is 2.60 bits per heavy atom. The number of nitrogens with two attached hydrogens (primary N) is 1.